The summed E-state index contributed by atoms with van der Waals surface area (Å²) in [5.41, 5.74) is 1.39. The molecule has 18 heavy (non-hydrogen) atoms. The number of aromatic nitrogens is 1. The minimum absolute atomic E-state index is 0.0551. The number of benzene rings is 1. The lowest BCUT2D eigenvalue weighted by molar-refractivity contribution is 0.0930. The highest BCUT2D eigenvalue weighted by Crippen LogP contribution is 2.12. The summed E-state index contributed by atoms with van der Waals surface area (Å²) < 4.78 is 5.01. The first-order chi connectivity index (χ1) is 8.70. The second-order valence-corrected chi connectivity index (χ2v) is 4.14. The Morgan fingerprint density at radius 1 is 1.39 bits per heavy atom. The van der Waals surface area contributed by atoms with Crippen molar-refractivity contribution in [3.8, 4) is 0 Å². The Hall–Kier alpha value is -2.10. The molecule has 0 fully saturated rings. The van der Waals surface area contributed by atoms with Gasteiger partial charge in [-0.3, -0.25) is 4.79 Å². The molecule has 0 saturated carbocycles. The van der Waals surface area contributed by atoms with E-state index in [1.165, 1.54) is 0 Å². The van der Waals surface area contributed by atoms with E-state index < -0.39 is 0 Å². The van der Waals surface area contributed by atoms with Crippen LogP contribution < -0.4 is 5.32 Å². The van der Waals surface area contributed by atoms with Crippen LogP contribution in [0.25, 0.3) is 0 Å². The number of nitrogens with zero attached hydrogens (tertiary/aromatic N) is 1. The van der Waals surface area contributed by atoms with Gasteiger partial charge in [0, 0.05) is 12.5 Å². The van der Waals surface area contributed by atoms with Gasteiger partial charge in [-0.1, -0.05) is 42.4 Å². The molecule has 0 saturated heterocycles. The monoisotopic (exact) mass is 244 g/mol. The molecule has 1 unspecified atom stereocenters. The van der Waals surface area contributed by atoms with Gasteiger partial charge >= 0.3 is 0 Å². The van der Waals surface area contributed by atoms with Crippen LogP contribution >= 0.6 is 0 Å². The van der Waals surface area contributed by atoms with Crippen LogP contribution in [0.4, 0.5) is 0 Å². The van der Waals surface area contributed by atoms with E-state index in [-0.39, 0.29) is 11.9 Å². The number of rotatable bonds is 4. The van der Waals surface area contributed by atoms with Crippen molar-refractivity contribution >= 4 is 5.91 Å². The molecule has 2 aromatic rings. The highest BCUT2D eigenvalue weighted by atomic mass is 16.5. The zero-order valence-electron chi connectivity index (χ0n) is 10.5. The zero-order chi connectivity index (χ0) is 13.0. The highest BCUT2D eigenvalue weighted by molar-refractivity contribution is 5.92. The quantitative estimate of drug-likeness (QED) is 0.899. The molecule has 0 radical (unpaired) electrons. The van der Waals surface area contributed by atoms with Crippen LogP contribution in [0.2, 0.25) is 0 Å². The van der Waals surface area contributed by atoms with Crippen molar-refractivity contribution in [2.75, 3.05) is 0 Å². The lowest BCUT2D eigenvalue weighted by Crippen LogP contribution is -2.26. The van der Waals surface area contributed by atoms with E-state index in [0.29, 0.717) is 11.5 Å². The van der Waals surface area contributed by atoms with Gasteiger partial charge in [-0.15, -0.1) is 0 Å². The summed E-state index contributed by atoms with van der Waals surface area (Å²) >= 11 is 0. The van der Waals surface area contributed by atoms with Crippen molar-refractivity contribution in [2.45, 2.75) is 26.3 Å². The minimum Gasteiger partial charge on any atom is -0.361 e. The van der Waals surface area contributed by atoms with Gasteiger partial charge in [0.25, 0.3) is 5.91 Å². The molecule has 1 amide bonds. The second-order valence-electron chi connectivity index (χ2n) is 4.14. The Labute approximate surface area is 106 Å². The summed E-state index contributed by atoms with van der Waals surface area (Å²) in [6, 6.07) is 11.4. The molecule has 0 aliphatic carbocycles. The SMILES string of the molecule is CCc1cc(C(=O)NC(C)c2ccccc2)no1. The Balaban J connectivity index is 2.03. The fourth-order valence-corrected chi connectivity index (χ4v) is 1.68. The molecule has 94 valence electrons. The number of aryl methyl sites for hydroxylation is 1. The van der Waals surface area contributed by atoms with E-state index >= 15 is 0 Å². The summed E-state index contributed by atoms with van der Waals surface area (Å²) in [7, 11) is 0. The van der Waals surface area contributed by atoms with Crippen molar-refractivity contribution in [3.63, 3.8) is 0 Å². The van der Waals surface area contributed by atoms with Gasteiger partial charge in [-0.05, 0) is 12.5 Å². The lowest BCUT2D eigenvalue weighted by Gasteiger charge is -2.12. The molecule has 1 atom stereocenters. The zero-order valence-corrected chi connectivity index (χ0v) is 10.5. The molecule has 4 heteroatoms. The smallest absolute Gasteiger partial charge is 0.273 e. The van der Waals surface area contributed by atoms with Gasteiger partial charge in [0.2, 0.25) is 0 Å². The third-order valence-corrected chi connectivity index (χ3v) is 2.79. The predicted octanol–water partition coefficient (Wildman–Crippen LogP) is 2.73. The van der Waals surface area contributed by atoms with E-state index in [2.05, 4.69) is 10.5 Å². The van der Waals surface area contributed by atoms with Gasteiger partial charge in [-0.2, -0.15) is 0 Å². The standard InChI is InChI=1S/C14H16N2O2/c1-3-12-9-13(16-18-12)14(17)15-10(2)11-7-5-4-6-8-11/h4-10H,3H2,1-2H3,(H,15,17). The van der Waals surface area contributed by atoms with Gasteiger partial charge in [0.15, 0.2) is 5.69 Å². The van der Waals surface area contributed by atoms with Crippen LogP contribution in [0.5, 0.6) is 0 Å². The topological polar surface area (TPSA) is 55.1 Å². The van der Waals surface area contributed by atoms with E-state index in [4.69, 9.17) is 4.52 Å². The van der Waals surface area contributed by atoms with E-state index in [0.717, 1.165) is 12.0 Å². The number of carbonyl (C=O) groups is 1. The molecule has 1 N–H and O–H groups in total. The number of nitrogens with one attached hydrogen (secondary N) is 1. The second kappa shape index (κ2) is 5.49. The van der Waals surface area contributed by atoms with Gasteiger partial charge in [0.1, 0.15) is 5.76 Å². The molecular weight excluding hydrogens is 228 g/mol. The molecule has 1 aromatic heterocycles. The van der Waals surface area contributed by atoms with Crippen LogP contribution in [0.3, 0.4) is 0 Å². The molecule has 4 nitrogen and oxygen atoms in total. The van der Waals surface area contributed by atoms with Crippen LogP contribution in [-0.2, 0) is 6.42 Å². The van der Waals surface area contributed by atoms with Crippen LogP contribution in [-0.4, -0.2) is 11.1 Å². The molecular formula is C14H16N2O2. The first-order valence-electron chi connectivity index (χ1n) is 6.02. The predicted molar refractivity (Wildman–Crippen MR) is 68.2 cm³/mol. The van der Waals surface area contributed by atoms with Crippen LogP contribution in [0.15, 0.2) is 40.9 Å². The maximum Gasteiger partial charge on any atom is 0.273 e. The van der Waals surface area contributed by atoms with E-state index in [1.54, 1.807) is 6.07 Å². The lowest BCUT2D eigenvalue weighted by atomic mass is 10.1. The average Bonchev–Trinajstić information content (AvgIpc) is 2.88. The van der Waals surface area contributed by atoms with Crippen LogP contribution in [0, 0.1) is 0 Å². The summed E-state index contributed by atoms with van der Waals surface area (Å²) in [4.78, 5) is 11.9. The Morgan fingerprint density at radius 2 is 2.11 bits per heavy atom. The highest BCUT2D eigenvalue weighted by Gasteiger charge is 2.14. The summed E-state index contributed by atoms with van der Waals surface area (Å²) in [5.74, 6) is 0.502. The number of hydrogen-bond donors (Lipinski definition) is 1. The summed E-state index contributed by atoms with van der Waals surface area (Å²) in [6.07, 6.45) is 0.731. The third-order valence-electron chi connectivity index (χ3n) is 2.79. The maximum atomic E-state index is 11.9. The largest absolute Gasteiger partial charge is 0.361 e. The van der Waals surface area contributed by atoms with Gasteiger partial charge in [0.05, 0.1) is 6.04 Å². The number of carbonyl (C=O) groups excluding carboxylic acids is 1. The van der Waals surface area contributed by atoms with Gasteiger partial charge in [-0.25, -0.2) is 0 Å². The fraction of sp³-hybridized carbons (Fsp3) is 0.286. The first kappa shape index (κ1) is 12.4. The Bertz CT molecular complexity index is 520. The number of amides is 1. The molecule has 2 rings (SSSR count). The Kier molecular flexibility index (Phi) is 3.77. The summed E-state index contributed by atoms with van der Waals surface area (Å²) in [6.45, 7) is 3.89. The van der Waals surface area contributed by atoms with Crippen LogP contribution in [0.1, 0.15) is 41.7 Å². The molecule has 0 bridgehead atoms. The van der Waals surface area contributed by atoms with Gasteiger partial charge < -0.3 is 9.84 Å². The first-order valence-corrected chi connectivity index (χ1v) is 6.02. The van der Waals surface area contributed by atoms with Crippen molar-refractivity contribution < 1.29 is 9.32 Å². The minimum atomic E-state index is -0.213. The average molecular weight is 244 g/mol. The van der Waals surface area contributed by atoms with E-state index in [9.17, 15) is 4.79 Å². The molecule has 1 aromatic carbocycles. The molecule has 0 spiro atoms. The van der Waals surface area contributed by atoms with Crippen molar-refractivity contribution in [1.82, 2.24) is 10.5 Å². The normalized spacial score (nSPS) is 12.1. The van der Waals surface area contributed by atoms with Crippen molar-refractivity contribution in [3.05, 3.63) is 53.4 Å². The fourth-order valence-electron chi connectivity index (χ4n) is 1.68. The third kappa shape index (κ3) is 2.77. The molecule has 0 aliphatic heterocycles. The maximum absolute atomic E-state index is 11.9. The molecule has 1 heterocycles. The number of hydrogen-bond acceptors (Lipinski definition) is 3. The summed E-state index contributed by atoms with van der Waals surface area (Å²) in [5, 5.41) is 6.64. The Morgan fingerprint density at radius 3 is 2.72 bits per heavy atom. The van der Waals surface area contributed by atoms with E-state index in [1.807, 2.05) is 44.2 Å². The molecule has 0 aliphatic rings. The van der Waals surface area contributed by atoms with Crippen molar-refractivity contribution in [2.24, 2.45) is 0 Å². The van der Waals surface area contributed by atoms with Crippen molar-refractivity contribution in [1.29, 1.82) is 0 Å².